The number of carbonyl (C=O) groups excluding carboxylic acids is 1. The molecular weight excluding hydrogens is 316 g/mol. The van der Waals surface area contributed by atoms with Gasteiger partial charge in [0.15, 0.2) is 0 Å². The first-order chi connectivity index (χ1) is 11.6. The molecule has 0 saturated heterocycles. The number of methoxy groups -OCH3 is 2. The first kappa shape index (κ1) is 15.5. The average Bonchev–Trinajstić information content (AvgIpc) is 3.23. The summed E-state index contributed by atoms with van der Waals surface area (Å²) in [6.07, 6.45) is 0. The van der Waals surface area contributed by atoms with Crippen molar-refractivity contribution in [1.29, 1.82) is 0 Å². The minimum atomic E-state index is -0.533. The Balaban J connectivity index is 1.81. The number of anilines is 1. The molecule has 0 saturated carbocycles. The monoisotopic (exact) mass is 330 g/mol. The Labute approximate surface area is 136 Å². The minimum absolute atomic E-state index is 0.0512. The van der Waals surface area contributed by atoms with Crippen molar-refractivity contribution in [3.8, 4) is 23.0 Å². The maximum atomic E-state index is 12.0. The van der Waals surface area contributed by atoms with E-state index in [0.717, 1.165) is 0 Å². The van der Waals surface area contributed by atoms with Gasteiger partial charge in [0.25, 0.3) is 5.91 Å². The van der Waals surface area contributed by atoms with Crippen LogP contribution in [0.25, 0.3) is 11.5 Å². The Hall–Kier alpha value is -3.36. The number of aryl methyl sites for hydroxylation is 1. The molecule has 0 atom stereocenters. The molecule has 1 aromatic carbocycles. The highest BCUT2D eigenvalue weighted by atomic mass is 16.5. The van der Waals surface area contributed by atoms with Crippen LogP contribution >= 0.6 is 0 Å². The molecule has 0 aliphatic rings. The molecule has 0 spiro atoms. The fourth-order valence-electron chi connectivity index (χ4n) is 1.95. The van der Waals surface area contributed by atoms with Crippen molar-refractivity contribution < 1.29 is 23.2 Å². The van der Waals surface area contributed by atoms with Gasteiger partial charge in [-0.2, -0.15) is 0 Å². The summed E-state index contributed by atoms with van der Waals surface area (Å²) in [5, 5.41) is 13.8. The molecule has 124 valence electrons. The number of rotatable bonds is 5. The quantitative estimate of drug-likeness (QED) is 0.758. The van der Waals surface area contributed by atoms with Gasteiger partial charge in [0.1, 0.15) is 11.5 Å². The SMILES string of the molecule is COc1cc(OC)cc(-c2nnc(NC(=O)c3cc(C)no3)o2)c1. The van der Waals surface area contributed by atoms with Gasteiger partial charge in [0.05, 0.1) is 19.9 Å². The van der Waals surface area contributed by atoms with Crippen LogP contribution in [0.1, 0.15) is 16.2 Å². The standard InChI is InChI=1S/C15H14N4O5/c1-8-4-12(24-19-8)13(20)16-15-18-17-14(23-15)9-5-10(21-2)7-11(6-9)22-3/h4-7H,1-3H3,(H,16,18,20). The van der Waals surface area contributed by atoms with Crippen molar-refractivity contribution in [2.75, 3.05) is 19.5 Å². The highest BCUT2D eigenvalue weighted by molar-refractivity contribution is 6.00. The maximum absolute atomic E-state index is 12.0. The second-order valence-electron chi connectivity index (χ2n) is 4.80. The molecule has 3 aromatic rings. The van der Waals surface area contributed by atoms with E-state index in [1.54, 1.807) is 25.1 Å². The lowest BCUT2D eigenvalue weighted by molar-refractivity contribution is 0.0985. The van der Waals surface area contributed by atoms with E-state index in [1.165, 1.54) is 20.3 Å². The number of nitrogens with zero attached hydrogens (tertiary/aromatic N) is 3. The summed E-state index contributed by atoms with van der Waals surface area (Å²) in [6, 6.07) is 6.57. The number of aromatic nitrogens is 3. The third-order valence-electron chi connectivity index (χ3n) is 3.10. The molecule has 0 aliphatic heterocycles. The highest BCUT2D eigenvalue weighted by Crippen LogP contribution is 2.29. The third-order valence-corrected chi connectivity index (χ3v) is 3.10. The van der Waals surface area contributed by atoms with E-state index in [4.69, 9.17) is 18.4 Å². The van der Waals surface area contributed by atoms with Crippen LogP contribution in [-0.2, 0) is 0 Å². The zero-order valence-electron chi connectivity index (χ0n) is 13.2. The fraction of sp³-hybridized carbons (Fsp3) is 0.200. The lowest BCUT2D eigenvalue weighted by Crippen LogP contribution is -2.11. The molecule has 0 unspecified atom stereocenters. The van der Waals surface area contributed by atoms with Gasteiger partial charge in [-0.1, -0.05) is 10.3 Å². The van der Waals surface area contributed by atoms with E-state index in [2.05, 4.69) is 20.7 Å². The van der Waals surface area contributed by atoms with Crippen LogP contribution in [0, 0.1) is 6.92 Å². The van der Waals surface area contributed by atoms with E-state index in [0.29, 0.717) is 22.8 Å². The highest BCUT2D eigenvalue weighted by Gasteiger charge is 2.17. The van der Waals surface area contributed by atoms with Crippen molar-refractivity contribution in [2.45, 2.75) is 6.92 Å². The van der Waals surface area contributed by atoms with E-state index in [9.17, 15) is 4.79 Å². The normalized spacial score (nSPS) is 10.5. The van der Waals surface area contributed by atoms with Gasteiger partial charge < -0.3 is 18.4 Å². The number of benzene rings is 1. The van der Waals surface area contributed by atoms with Crippen LogP contribution in [-0.4, -0.2) is 35.5 Å². The maximum Gasteiger partial charge on any atom is 0.322 e. The van der Waals surface area contributed by atoms with Gasteiger partial charge in [0.2, 0.25) is 11.7 Å². The third kappa shape index (κ3) is 3.19. The average molecular weight is 330 g/mol. The van der Waals surface area contributed by atoms with Gasteiger partial charge in [-0.15, -0.1) is 5.10 Å². The lowest BCUT2D eigenvalue weighted by atomic mass is 10.2. The largest absolute Gasteiger partial charge is 0.497 e. The summed E-state index contributed by atoms with van der Waals surface area (Å²) in [5.41, 5.74) is 1.18. The van der Waals surface area contributed by atoms with Crippen molar-refractivity contribution >= 4 is 11.9 Å². The molecule has 9 heteroatoms. The molecule has 3 rings (SSSR count). The second-order valence-corrected chi connectivity index (χ2v) is 4.80. The molecule has 24 heavy (non-hydrogen) atoms. The summed E-state index contributed by atoms with van der Waals surface area (Å²) in [6.45, 7) is 1.71. The zero-order valence-corrected chi connectivity index (χ0v) is 13.2. The lowest BCUT2D eigenvalue weighted by Gasteiger charge is -2.05. The summed E-state index contributed by atoms with van der Waals surface area (Å²) in [5.74, 6) is 0.871. The second kappa shape index (κ2) is 6.41. The summed E-state index contributed by atoms with van der Waals surface area (Å²) < 4.78 is 20.7. The van der Waals surface area contributed by atoms with Gasteiger partial charge in [0, 0.05) is 17.7 Å². The number of ether oxygens (including phenoxy) is 2. The number of hydrogen-bond donors (Lipinski definition) is 1. The Morgan fingerprint density at radius 1 is 1.08 bits per heavy atom. The Morgan fingerprint density at radius 3 is 2.38 bits per heavy atom. The molecular formula is C15H14N4O5. The Kier molecular flexibility index (Phi) is 4.15. The number of carbonyl (C=O) groups is 1. The van der Waals surface area contributed by atoms with Gasteiger partial charge in [-0.25, -0.2) is 0 Å². The number of nitrogens with one attached hydrogen (secondary N) is 1. The van der Waals surface area contributed by atoms with Crippen LogP contribution < -0.4 is 14.8 Å². The van der Waals surface area contributed by atoms with Crippen molar-refractivity contribution in [1.82, 2.24) is 15.4 Å². The van der Waals surface area contributed by atoms with Crippen LogP contribution in [0.4, 0.5) is 6.01 Å². The van der Waals surface area contributed by atoms with E-state index in [1.807, 2.05) is 0 Å². The Morgan fingerprint density at radius 2 is 1.79 bits per heavy atom. The van der Waals surface area contributed by atoms with Crippen LogP contribution in [0.2, 0.25) is 0 Å². The molecule has 2 heterocycles. The van der Waals surface area contributed by atoms with Crippen LogP contribution in [0.3, 0.4) is 0 Å². The van der Waals surface area contributed by atoms with E-state index < -0.39 is 5.91 Å². The summed E-state index contributed by atoms with van der Waals surface area (Å²) >= 11 is 0. The van der Waals surface area contributed by atoms with Gasteiger partial charge in [-0.3, -0.25) is 10.1 Å². The summed E-state index contributed by atoms with van der Waals surface area (Å²) in [4.78, 5) is 12.0. The number of amides is 1. The van der Waals surface area contributed by atoms with Crippen molar-refractivity contribution in [2.24, 2.45) is 0 Å². The molecule has 1 N–H and O–H groups in total. The molecule has 9 nitrogen and oxygen atoms in total. The molecule has 1 amide bonds. The van der Waals surface area contributed by atoms with Crippen LogP contribution in [0.15, 0.2) is 33.2 Å². The predicted molar refractivity (Wildman–Crippen MR) is 82.0 cm³/mol. The smallest absolute Gasteiger partial charge is 0.322 e. The van der Waals surface area contributed by atoms with Crippen LogP contribution in [0.5, 0.6) is 11.5 Å². The topological polar surface area (TPSA) is 113 Å². The van der Waals surface area contributed by atoms with E-state index in [-0.39, 0.29) is 17.7 Å². The van der Waals surface area contributed by atoms with Crippen molar-refractivity contribution in [3.05, 3.63) is 35.7 Å². The Bertz CT molecular complexity index is 848. The predicted octanol–water partition coefficient (Wildman–Crippen LogP) is 2.30. The molecule has 0 aliphatic carbocycles. The van der Waals surface area contributed by atoms with E-state index >= 15 is 0 Å². The molecule has 2 aromatic heterocycles. The summed E-state index contributed by atoms with van der Waals surface area (Å²) in [7, 11) is 3.08. The van der Waals surface area contributed by atoms with Gasteiger partial charge in [-0.05, 0) is 19.1 Å². The zero-order chi connectivity index (χ0) is 17.1. The van der Waals surface area contributed by atoms with Crippen molar-refractivity contribution in [3.63, 3.8) is 0 Å². The molecule has 0 fully saturated rings. The first-order valence-electron chi connectivity index (χ1n) is 6.90. The fourth-order valence-corrected chi connectivity index (χ4v) is 1.95. The van der Waals surface area contributed by atoms with Gasteiger partial charge >= 0.3 is 6.01 Å². The minimum Gasteiger partial charge on any atom is -0.497 e. The molecule has 0 bridgehead atoms. The number of hydrogen-bond acceptors (Lipinski definition) is 8. The first-order valence-corrected chi connectivity index (χ1v) is 6.90. The molecule has 0 radical (unpaired) electrons.